The second-order valence-corrected chi connectivity index (χ2v) is 7.03. The van der Waals surface area contributed by atoms with Crippen LogP contribution in [-0.2, 0) is 0 Å². The van der Waals surface area contributed by atoms with Crippen molar-refractivity contribution in [2.24, 2.45) is 5.73 Å². The van der Waals surface area contributed by atoms with Gasteiger partial charge in [0, 0.05) is 19.6 Å². The number of aromatic hydroxyl groups is 1. The maximum atomic E-state index is 9.75. The van der Waals surface area contributed by atoms with Crippen LogP contribution in [0.15, 0.2) is 78.9 Å². The first-order valence-electron chi connectivity index (χ1n) is 10.4. The lowest BCUT2D eigenvalue weighted by Gasteiger charge is -2.17. The van der Waals surface area contributed by atoms with E-state index in [2.05, 4.69) is 48.6 Å². The average Bonchev–Trinajstić information content (AvgIpc) is 2.79. The number of phenolic OH excluding ortho intramolecular Hbond substituents is 1. The van der Waals surface area contributed by atoms with Crippen LogP contribution < -0.4 is 15.8 Å². The molecule has 0 aliphatic heterocycles. The van der Waals surface area contributed by atoms with Gasteiger partial charge in [-0.25, -0.2) is 0 Å². The van der Waals surface area contributed by atoms with Gasteiger partial charge in [-0.1, -0.05) is 61.5 Å². The molecule has 3 aromatic carbocycles. The molecule has 0 spiro atoms. The number of hydrogen-bond donors (Lipinski definition) is 3. The third kappa shape index (κ3) is 5.72. The predicted molar refractivity (Wildman–Crippen MR) is 125 cm³/mol. The summed E-state index contributed by atoms with van der Waals surface area (Å²) in [4.78, 5) is 0. The molecule has 0 aliphatic carbocycles. The molecule has 0 saturated carbocycles. The standard InChI is InChI=1S/C26H30N2O2/c1-2-25(20-6-4-3-5-7-20)26(21-8-12-23(29)13-9-21)22-10-14-24(15-11-22)30-19-18-28-17-16-27/h3-15,28-29H,2,16-19,27H2,1H3/b26-25-. The average molecular weight is 403 g/mol. The van der Waals surface area contributed by atoms with Gasteiger partial charge in [-0.05, 0) is 58.5 Å². The van der Waals surface area contributed by atoms with Crippen LogP contribution in [0.1, 0.15) is 30.0 Å². The van der Waals surface area contributed by atoms with Crippen LogP contribution in [0.25, 0.3) is 11.1 Å². The zero-order chi connectivity index (χ0) is 21.2. The van der Waals surface area contributed by atoms with Gasteiger partial charge in [0.05, 0.1) is 0 Å². The first-order valence-corrected chi connectivity index (χ1v) is 10.4. The van der Waals surface area contributed by atoms with E-state index in [4.69, 9.17) is 10.5 Å². The van der Waals surface area contributed by atoms with Crippen molar-refractivity contribution in [2.75, 3.05) is 26.2 Å². The first kappa shape index (κ1) is 21.6. The van der Waals surface area contributed by atoms with Gasteiger partial charge in [-0.2, -0.15) is 0 Å². The Balaban J connectivity index is 1.93. The zero-order valence-corrected chi connectivity index (χ0v) is 17.5. The van der Waals surface area contributed by atoms with E-state index in [0.29, 0.717) is 13.2 Å². The highest BCUT2D eigenvalue weighted by molar-refractivity contribution is 5.98. The molecule has 0 aromatic heterocycles. The lowest BCUT2D eigenvalue weighted by atomic mass is 9.88. The van der Waals surface area contributed by atoms with Crippen LogP contribution in [0.2, 0.25) is 0 Å². The summed E-state index contributed by atoms with van der Waals surface area (Å²) >= 11 is 0. The van der Waals surface area contributed by atoms with Crippen LogP contribution in [-0.4, -0.2) is 31.3 Å². The number of nitrogens with one attached hydrogen (secondary N) is 1. The van der Waals surface area contributed by atoms with Crippen molar-refractivity contribution in [1.82, 2.24) is 5.32 Å². The fraction of sp³-hybridized carbons (Fsp3) is 0.231. The Bertz CT molecular complexity index is 933. The van der Waals surface area contributed by atoms with Gasteiger partial charge in [0.15, 0.2) is 0 Å². The summed E-state index contributed by atoms with van der Waals surface area (Å²) in [7, 11) is 0. The Morgan fingerprint density at radius 2 is 1.47 bits per heavy atom. The summed E-state index contributed by atoms with van der Waals surface area (Å²) in [5, 5.41) is 13.0. The Hall–Kier alpha value is -3.08. The van der Waals surface area contributed by atoms with Crippen molar-refractivity contribution in [3.8, 4) is 11.5 Å². The summed E-state index contributed by atoms with van der Waals surface area (Å²) in [6.45, 7) is 4.97. The monoisotopic (exact) mass is 402 g/mol. The maximum absolute atomic E-state index is 9.75. The molecule has 0 amide bonds. The molecule has 0 unspecified atom stereocenters. The van der Waals surface area contributed by atoms with Crippen molar-refractivity contribution in [3.63, 3.8) is 0 Å². The number of phenols is 1. The molecule has 0 saturated heterocycles. The van der Waals surface area contributed by atoms with Crippen molar-refractivity contribution in [3.05, 3.63) is 95.6 Å². The first-order chi connectivity index (χ1) is 14.7. The van der Waals surface area contributed by atoms with E-state index in [0.717, 1.165) is 36.4 Å². The summed E-state index contributed by atoms with van der Waals surface area (Å²) in [5.74, 6) is 1.11. The molecular formula is C26H30N2O2. The van der Waals surface area contributed by atoms with Crippen LogP contribution in [0.5, 0.6) is 11.5 Å². The number of nitrogens with two attached hydrogens (primary N) is 1. The highest BCUT2D eigenvalue weighted by Gasteiger charge is 2.13. The van der Waals surface area contributed by atoms with E-state index in [-0.39, 0.29) is 5.75 Å². The van der Waals surface area contributed by atoms with Gasteiger partial charge in [0.1, 0.15) is 18.1 Å². The fourth-order valence-electron chi connectivity index (χ4n) is 3.49. The molecule has 0 aliphatic rings. The molecule has 3 rings (SSSR count). The van der Waals surface area contributed by atoms with E-state index < -0.39 is 0 Å². The van der Waals surface area contributed by atoms with E-state index in [1.165, 1.54) is 16.7 Å². The van der Waals surface area contributed by atoms with Crippen LogP contribution in [0, 0.1) is 0 Å². The van der Waals surface area contributed by atoms with E-state index in [9.17, 15) is 5.11 Å². The van der Waals surface area contributed by atoms with Crippen LogP contribution in [0.4, 0.5) is 0 Å². The second kappa shape index (κ2) is 11.2. The van der Waals surface area contributed by atoms with Crippen molar-refractivity contribution in [2.45, 2.75) is 13.3 Å². The lowest BCUT2D eigenvalue weighted by Crippen LogP contribution is -2.26. The minimum atomic E-state index is 0.267. The molecule has 3 aromatic rings. The Labute approximate surface area is 179 Å². The van der Waals surface area contributed by atoms with Crippen molar-refractivity contribution >= 4 is 11.1 Å². The summed E-state index contributed by atoms with van der Waals surface area (Å²) in [5.41, 5.74) is 11.3. The normalized spacial score (nSPS) is 11.8. The minimum absolute atomic E-state index is 0.267. The molecule has 0 bridgehead atoms. The van der Waals surface area contributed by atoms with Crippen molar-refractivity contribution < 1.29 is 9.84 Å². The highest BCUT2D eigenvalue weighted by atomic mass is 16.5. The molecule has 4 heteroatoms. The fourth-order valence-corrected chi connectivity index (χ4v) is 3.49. The number of ether oxygens (including phenoxy) is 1. The molecular weight excluding hydrogens is 372 g/mol. The number of benzene rings is 3. The lowest BCUT2D eigenvalue weighted by molar-refractivity contribution is 0.315. The molecule has 4 nitrogen and oxygen atoms in total. The summed E-state index contributed by atoms with van der Waals surface area (Å²) < 4.78 is 5.83. The Morgan fingerprint density at radius 1 is 0.833 bits per heavy atom. The largest absolute Gasteiger partial charge is 0.508 e. The minimum Gasteiger partial charge on any atom is -0.508 e. The highest BCUT2D eigenvalue weighted by Crippen LogP contribution is 2.35. The molecule has 156 valence electrons. The molecule has 0 radical (unpaired) electrons. The summed E-state index contributed by atoms with van der Waals surface area (Å²) in [6.07, 6.45) is 0.894. The van der Waals surface area contributed by atoms with E-state index in [1.807, 2.05) is 30.3 Å². The smallest absolute Gasteiger partial charge is 0.119 e. The SMILES string of the molecule is CC/C(=C(\c1ccc(O)cc1)c1ccc(OCCNCCN)cc1)c1ccccc1. The van der Waals surface area contributed by atoms with E-state index in [1.54, 1.807) is 12.1 Å². The van der Waals surface area contributed by atoms with Crippen LogP contribution in [0.3, 0.4) is 0 Å². The predicted octanol–water partition coefficient (Wildman–Crippen LogP) is 4.69. The number of rotatable bonds is 10. The Morgan fingerprint density at radius 3 is 2.07 bits per heavy atom. The van der Waals surface area contributed by atoms with Gasteiger partial charge in [0.25, 0.3) is 0 Å². The second-order valence-electron chi connectivity index (χ2n) is 7.03. The number of allylic oxidation sites excluding steroid dienone is 1. The number of hydrogen-bond acceptors (Lipinski definition) is 4. The van der Waals surface area contributed by atoms with E-state index >= 15 is 0 Å². The third-order valence-electron chi connectivity index (χ3n) is 4.95. The molecule has 0 heterocycles. The zero-order valence-electron chi connectivity index (χ0n) is 17.5. The topological polar surface area (TPSA) is 67.5 Å². The van der Waals surface area contributed by atoms with Crippen molar-refractivity contribution in [1.29, 1.82) is 0 Å². The van der Waals surface area contributed by atoms with Gasteiger partial charge in [-0.15, -0.1) is 0 Å². The third-order valence-corrected chi connectivity index (χ3v) is 4.95. The Kier molecular flexibility index (Phi) is 8.07. The molecule has 0 fully saturated rings. The van der Waals surface area contributed by atoms with Gasteiger partial charge < -0.3 is 20.9 Å². The van der Waals surface area contributed by atoms with Crippen LogP contribution >= 0.6 is 0 Å². The summed E-state index contributed by atoms with van der Waals surface area (Å²) in [6, 6.07) is 26.1. The van der Waals surface area contributed by atoms with Gasteiger partial charge in [-0.3, -0.25) is 0 Å². The molecule has 30 heavy (non-hydrogen) atoms. The quantitative estimate of drug-likeness (QED) is 0.340. The maximum Gasteiger partial charge on any atom is 0.119 e. The van der Waals surface area contributed by atoms with Gasteiger partial charge in [0.2, 0.25) is 0 Å². The molecule has 4 N–H and O–H groups in total. The van der Waals surface area contributed by atoms with Gasteiger partial charge >= 0.3 is 0 Å². The molecule has 0 atom stereocenters.